The van der Waals surface area contributed by atoms with Crippen molar-refractivity contribution in [2.24, 2.45) is 16.8 Å². The van der Waals surface area contributed by atoms with E-state index in [-0.39, 0.29) is 40.2 Å². The number of carbonyl (C=O) groups excluding carboxylic acids is 2. The van der Waals surface area contributed by atoms with E-state index in [9.17, 15) is 32.5 Å². The van der Waals surface area contributed by atoms with Crippen molar-refractivity contribution in [1.29, 1.82) is 0 Å². The van der Waals surface area contributed by atoms with Crippen LogP contribution in [0.1, 0.15) is 37.1 Å². The summed E-state index contributed by atoms with van der Waals surface area (Å²) in [5, 5.41) is 23.1. The van der Waals surface area contributed by atoms with E-state index in [1.54, 1.807) is 0 Å². The van der Waals surface area contributed by atoms with Gasteiger partial charge in [-0.2, -0.15) is 23.4 Å². The minimum absolute atomic E-state index is 0.0146. The van der Waals surface area contributed by atoms with Crippen LogP contribution < -0.4 is 11.5 Å². The van der Waals surface area contributed by atoms with E-state index in [1.165, 1.54) is 16.4 Å². The standard InChI is InChI=1S/C21H29N9O8S2/c1-28(6-2-5-22)9-12-8-24-29(26-12)10-15-13(18(32)30(15)40(35,36)37)7-16(31)17(14-11-39-20(23)25-14)27-38-21(3-4-21)19(33)34/h8,11,13,15H,2-7,9-10,22H2,1H3,(H2,23,25)(H,33,34)(H,35,36,37)/b27-17-/t13-,15+/m0/s1. The monoisotopic (exact) mass is 599 g/mol. The second-order valence-corrected chi connectivity index (χ2v) is 11.8. The first-order valence-corrected chi connectivity index (χ1v) is 14.4. The highest BCUT2D eigenvalue weighted by Crippen LogP contribution is 2.40. The Bertz CT molecular complexity index is 1420. The predicted molar refractivity (Wildman–Crippen MR) is 139 cm³/mol. The highest BCUT2D eigenvalue weighted by Gasteiger charge is 2.56. The van der Waals surface area contributed by atoms with E-state index in [1.807, 2.05) is 11.9 Å². The van der Waals surface area contributed by atoms with Crippen molar-refractivity contribution in [2.45, 2.75) is 50.4 Å². The Balaban J connectivity index is 1.52. The molecular weight excluding hydrogens is 570 g/mol. The second kappa shape index (κ2) is 11.5. The van der Waals surface area contributed by atoms with Crippen molar-refractivity contribution in [3.63, 3.8) is 0 Å². The Hall–Kier alpha value is -3.52. The lowest BCUT2D eigenvalue weighted by atomic mass is 9.84. The molecule has 0 aromatic carbocycles. The maximum absolute atomic E-state index is 13.3. The smallest absolute Gasteiger partial charge is 0.362 e. The molecular formula is C21H29N9O8S2. The van der Waals surface area contributed by atoms with Gasteiger partial charge in [0.05, 0.1) is 30.4 Å². The quantitative estimate of drug-likeness (QED) is 0.0806. The number of nitrogens with two attached hydrogens (primary N) is 2. The van der Waals surface area contributed by atoms with Crippen LogP contribution in [-0.4, -0.2) is 102 Å². The summed E-state index contributed by atoms with van der Waals surface area (Å²) in [6, 6.07) is -1.18. The molecule has 1 saturated carbocycles. The number of amides is 1. The van der Waals surface area contributed by atoms with Gasteiger partial charge < -0.3 is 26.3 Å². The molecule has 6 N–H and O–H groups in total. The van der Waals surface area contributed by atoms with Gasteiger partial charge in [-0.15, -0.1) is 11.3 Å². The Kier molecular flexibility index (Phi) is 8.49. The van der Waals surface area contributed by atoms with Crippen molar-refractivity contribution < 1.29 is 37.3 Å². The molecule has 1 aliphatic heterocycles. The zero-order chi connectivity index (χ0) is 29.2. The first-order valence-electron chi connectivity index (χ1n) is 12.2. The lowest BCUT2D eigenvalue weighted by Gasteiger charge is -2.43. The molecule has 0 unspecified atom stereocenters. The number of aliphatic carboxylic acids is 1. The summed E-state index contributed by atoms with van der Waals surface area (Å²) in [5.41, 5.74) is 9.89. The number of anilines is 1. The molecule has 2 fully saturated rings. The lowest BCUT2D eigenvalue weighted by Crippen LogP contribution is -2.64. The fourth-order valence-corrected chi connectivity index (χ4v) is 5.65. The molecule has 1 amide bonds. The molecule has 19 heteroatoms. The average Bonchev–Trinajstić information content (AvgIpc) is 3.36. The van der Waals surface area contributed by atoms with Gasteiger partial charge in [0.15, 0.2) is 16.6 Å². The molecule has 4 rings (SSSR count). The zero-order valence-corrected chi connectivity index (χ0v) is 23.0. The number of β-lactam (4-membered cyclic amide) rings is 1. The van der Waals surface area contributed by atoms with Gasteiger partial charge >= 0.3 is 16.3 Å². The maximum Gasteiger partial charge on any atom is 0.362 e. The van der Waals surface area contributed by atoms with Gasteiger partial charge in [0.1, 0.15) is 5.69 Å². The molecule has 1 saturated heterocycles. The van der Waals surface area contributed by atoms with Crippen LogP contribution in [-0.2, 0) is 42.6 Å². The third kappa shape index (κ3) is 6.44. The van der Waals surface area contributed by atoms with Crippen molar-refractivity contribution in [2.75, 3.05) is 25.9 Å². The fourth-order valence-electron chi connectivity index (χ4n) is 4.18. The van der Waals surface area contributed by atoms with E-state index in [4.69, 9.17) is 16.3 Å². The number of hydrogen-bond donors (Lipinski definition) is 4. The molecule has 3 heterocycles. The normalized spacial score (nSPS) is 20.4. The van der Waals surface area contributed by atoms with E-state index in [0.29, 0.717) is 18.8 Å². The third-order valence-corrected chi connectivity index (χ3v) is 8.12. The SMILES string of the molecule is CN(CCCN)Cc1cnn(C[C@@H]2[C@H](CC(=O)/C(=N\OC3(C(=O)O)CC3)c3csc(N)n3)C(=O)N2S(=O)(=O)O)n1. The van der Waals surface area contributed by atoms with Gasteiger partial charge in [0.25, 0.3) is 0 Å². The number of thiazole rings is 1. The topological polar surface area (TPSA) is 250 Å². The zero-order valence-electron chi connectivity index (χ0n) is 21.4. The Morgan fingerprint density at radius 1 is 1.38 bits per heavy atom. The van der Waals surface area contributed by atoms with Crippen molar-refractivity contribution >= 4 is 50.1 Å². The van der Waals surface area contributed by atoms with Gasteiger partial charge in [-0.25, -0.2) is 14.1 Å². The van der Waals surface area contributed by atoms with Crippen molar-refractivity contribution in [1.82, 2.24) is 29.2 Å². The maximum atomic E-state index is 13.3. The summed E-state index contributed by atoms with van der Waals surface area (Å²) >= 11 is 1.01. The second-order valence-electron chi connectivity index (χ2n) is 9.59. The first kappa shape index (κ1) is 29.5. The molecule has 0 spiro atoms. The van der Waals surface area contributed by atoms with Crippen LogP contribution >= 0.6 is 11.3 Å². The van der Waals surface area contributed by atoms with Crippen molar-refractivity contribution in [3.8, 4) is 0 Å². The number of ketones is 1. The summed E-state index contributed by atoms with van der Waals surface area (Å²) < 4.78 is 33.8. The number of oxime groups is 1. The Morgan fingerprint density at radius 3 is 2.67 bits per heavy atom. The van der Waals surface area contributed by atoms with Crippen LogP contribution in [0.3, 0.4) is 0 Å². The Labute approximate surface area is 232 Å². The van der Waals surface area contributed by atoms with E-state index >= 15 is 0 Å². The number of rotatable bonds is 15. The van der Waals surface area contributed by atoms with Crippen LogP contribution in [0.4, 0.5) is 5.13 Å². The first-order chi connectivity index (χ1) is 18.8. The summed E-state index contributed by atoms with van der Waals surface area (Å²) in [4.78, 5) is 49.9. The van der Waals surface area contributed by atoms with Crippen LogP contribution in [0.2, 0.25) is 0 Å². The largest absolute Gasteiger partial charge is 0.478 e. The number of hydrogen-bond acceptors (Lipinski definition) is 14. The number of aromatic nitrogens is 4. The lowest BCUT2D eigenvalue weighted by molar-refractivity contribution is -0.153. The molecule has 0 radical (unpaired) electrons. The molecule has 17 nitrogen and oxygen atoms in total. The van der Waals surface area contributed by atoms with Gasteiger partial charge in [-0.3, -0.25) is 14.1 Å². The highest BCUT2D eigenvalue weighted by molar-refractivity contribution is 7.84. The predicted octanol–water partition coefficient (Wildman–Crippen LogP) is -1.28. The minimum atomic E-state index is -4.94. The van der Waals surface area contributed by atoms with E-state index < -0.39 is 51.9 Å². The number of carboxylic acids is 1. The van der Waals surface area contributed by atoms with Gasteiger partial charge in [0.2, 0.25) is 11.5 Å². The van der Waals surface area contributed by atoms with Gasteiger partial charge in [-0.1, -0.05) is 5.16 Å². The van der Waals surface area contributed by atoms with Crippen LogP contribution in [0.5, 0.6) is 0 Å². The summed E-state index contributed by atoms with van der Waals surface area (Å²) in [7, 11) is -3.06. The van der Waals surface area contributed by atoms with Gasteiger partial charge in [-0.05, 0) is 26.6 Å². The summed E-state index contributed by atoms with van der Waals surface area (Å²) in [6.45, 7) is 1.48. The third-order valence-electron chi connectivity index (χ3n) is 6.50. The van der Waals surface area contributed by atoms with Gasteiger partial charge in [0, 0.05) is 31.2 Å². The molecule has 2 aromatic heterocycles. The molecule has 2 aromatic rings. The van der Waals surface area contributed by atoms with Crippen molar-refractivity contribution in [3.05, 3.63) is 23.0 Å². The van der Waals surface area contributed by atoms with Crippen LogP contribution in [0, 0.1) is 5.92 Å². The number of carboxylic acid groups (broad SMARTS) is 1. The number of nitrogen functional groups attached to an aromatic ring is 1. The average molecular weight is 600 g/mol. The number of Topliss-reactive ketones (excluding diaryl/α,β-unsaturated/α-hetero) is 1. The highest BCUT2D eigenvalue weighted by atomic mass is 32.2. The Morgan fingerprint density at radius 2 is 2.10 bits per heavy atom. The fraction of sp³-hybridized carbons (Fsp3) is 0.571. The number of nitrogens with zero attached hydrogens (tertiary/aromatic N) is 7. The summed E-state index contributed by atoms with van der Waals surface area (Å²) in [5.74, 6) is -4.19. The molecule has 218 valence electrons. The molecule has 40 heavy (non-hydrogen) atoms. The number of carbonyl (C=O) groups is 3. The van der Waals surface area contributed by atoms with E-state index in [2.05, 4.69) is 20.3 Å². The molecule has 1 aliphatic carbocycles. The molecule has 2 aliphatic rings. The van der Waals surface area contributed by atoms with Crippen LogP contribution in [0.15, 0.2) is 16.7 Å². The summed E-state index contributed by atoms with van der Waals surface area (Å²) in [6.07, 6.45) is 2.13. The molecule has 0 bridgehead atoms. The van der Waals surface area contributed by atoms with Crippen LogP contribution in [0.25, 0.3) is 0 Å². The van der Waals surface area contributed by atoms with E-state index in [0.717, 1.165) is 24.3 Å². The minimum Gasteiger partial charge on any atom is -0.478 e. The molecule has 2 atom stereocenters.